The number of nitrogens with zero attached hydrogens (tertiary/aromatic N) is 2. The molecule has 0 unspecified atom stereocenters. The molecule has 1 fully saturated rings. The molecule has 2 aliphatic heterocycles. The number of carbonyl (C=O) groups excluding carboxylic acids is 2. The van der Waals surface area contributed by atoms with Crippen LogP contribution >= 0.6 is 39.1 Å². The number of amides is 3. The zero-order valence-electron chi connectivity index (χ0n) is 13.5. The summed E-state index contributed by atoms with van der Waals surface area (Å²) in [6.07, 6.45) is 4.09. The van der Waals surface area contributed by atoms with E-state index in [-0.39, 0.29) is 11.9 Å². The van der Waals surface area contributed by atoms with Gasteiger partial charge in [-0.3, -0.25) is 4.79 Å². The van der Waals surface area contributed by atoms with E-state index in [2.05, 4.69) is 15.9 Å². The molecule has 0 radical (unpaired) electrons. The summed E-state index contributed by atoms with van der Waals surface area (Å²) in [4.78, 5) is 29.1. The maximum absolute atomic E-state index is 13.3. The molecule has 0 bridgehead atoms. The smallest absolute Gasteiger partial charge is 0.302 e. The third kappa shape index (κ3) is 2.75. The molecule has 4 nitrogen and oxygen atoms in total. The molecule has 0 N–H and O–H groups in total. The van der Waals surface area contributed by atoms with Gasteiger partial charge in [0, 0.05) is 27.5 Å². The van der Waals surface area contributed by atoms with Crippen LogP contribution in [0.5, 0.6) is 0 Å². The lowest BCUT2D eigenvalue weighted by atomic mass is 9.90. The van der Waals surface area contributed by atoms with Crippen LogP contribution in [0, 0.1) is 0 Å². The fourth-order valence-electron chi connectivity index (χ4n) is 3.48. The molecule has 26 heavy (non-hydrogen) atoms. The second-order valence-electron chi connectivity index (χ2n) is 6.29. The number of urea groups is 1. The van der Waals surface area contributed by atoms with E-state index in [1.165, 1.54) is 4.90 Å². The van der Waals surface area contributed by atoms with E-state index in [0.29, 0.717) is 28.7 Å². The molecule has 2 aliphatic rings. The van der Waals surface area contributed by atoms with Crippen LogP contribution in [0.15, 0.2) is 59.1 Å². The number of carbonyl (C=O) groups is 2. The van der Waals surface area contributed by atoms with Crippen molar-refractivity contribution in [2.45, 2.75) is 12.0 Å². The third-order valence-electron chi connectivity index (χ3n) is 4.65. The normalized spacial score (nSPS) is 21.7. The summed E-state index contributed by atoms with van der Waals surface area (Å²) in [6.45, 7) is 0.395. The van der Waals surface area contributed by atoms with Gasteiger partial charge in [-0.25, -0.2) is 9.69 Å². The van der Waals surface area contributed by atoms with E-state index in [4.69, 9.17) is 23.2 Å². The van der Waals surface area contributed by atoms with Crippen LogP contribution in [0.4, 0.5) is 10.5 Å². The van der Waals surface area contributed by atoms with Gasteiger partial charge in [-0.05, 0) is 35.9 Å². The van der Waals surface area contributed by atoms with Crippen LogP contribution in [0.25, 0.3) is 0 Å². The number of halogens is 3. The molecule has 2 aromatic rings. The minimum Gasteiger partial charge on any atom is -0.302 e. The molecule has 7 heteroatoms. The van der Waals surface area contributed by atoms with E-state index >= 15 is 0 Å². The van der Waals surface area contributed by atoms with Crippen LogP contribution in [-0.4, -0.2) is 28.9 Å². The van der Waals surface area contributed by atoms with Crippen molar-refractivity contribution >= 4 is 56.8 Å². The summed E-state index contributed by atoms with van der Waals surface area (Å²) in [5.74, 6) is -0.294. The van der Waals surface area contributed by atoms with Gasteiger partial charge in [0.2, 0.25) is 0 Å². The van der Waals surface area contributed by atoms with Gasteiger partial charge >= 0.3 is 6.03 Å². The SMILES string of the molecule is O=C1N(c2cc(Cl)cc(Cl)c2)C(=O)[C@]2(Cc3ccc(Br)cc3)C=CCN12. The van der Waals surface area contributed by atoms with Gasteiger partial charge in [0.1, 0.15) is 5.54 Å². The fraction of sp³-hybridized carbons (Fsp3) is 0.158. The van der Waals surface area contributed by atoms with Crippen LogP contribution in [-0.2, 0) is 11.2 Å². The predicted octanol–water partition coefficient (Wildman–Crippen LogP) is 5.08. The fourth-order valence-corrected chi connectivity index (χ4v) is 4.26. The highest BCUT2D eigenvalue weighted by Gasteiger charge is 2.57. The quantitative estimate of drug-likeness (QED) is 0.482. The van der Waals surface area contributed by atoms with Crippen molar-refractivity contribution in [3.05, 3.63) is 74.7 Å². The zero-order valence-corrected chi connectivity index (χ0v) is 16.6. The van der Waals surface area contributed by atoms with E-state index in [9.17, 15) is 9.59 Å². The second kappa shape index (κ2) is 6.41. The number of imide groups is 1. The molecule has 3 amide bonds. The van der Waals surface area contributed by atoms with Gasteiger partial charge in [0.15, 0.2) is 0 Å². The van der Waals surface area contributed by atoms with Crippen LogP contribution in [0.1, 0.15) is 5.56 Å². The molecule has 0 aliphatic carbocycles. The Labute approximate surface area is 169 Å². The first-order chi connectivity index (χ1) is 12.4. The Balaban J connectivity index is 1.75. The minimum atomic E-state index is -1.01. The molecule has 1 saturated heterocycles. The van der Waals surface area contributed by atoms with Crippen molar-refractivity contribution in [3.63, 3.8) is 0 Å². The summed E-state index contributed by atoms with van der Waals surface area (Å²) >= 11 is 15.5. The molecular formula is C19H13BrCl2N2O2. The summed E-state index contributed by atoms with van der Waals surface area (Å²) in [5, 5.41) is 0.746. The van der Waals surface area contributed by atoms with Crippen LogP contribution in [0.3, 0.4) is 0 Å². The van der Waals surface area contributed by atoms with Gasteiger partial charge in [-0.1, -0.05) is 63.4 Å². The predicted molar refractivity (Wildman–Crippen MR) is 106 cm³/mol. The number of hydrogen-bond acceptors (Lipinski definition) is 2. The van der Waals surface area contributed by atoms with Crippen molar-refractivity contribution in [2.24, 2.45) is 0 Å². The Bertz CT molecular complexity index is 925. The van der Waals surface area contributed by atoms with Crippen molar-refractivity contribution in [3.8, 4) is 0 Å². The van der Waals surface area contributed by atoms with Crippen molar-refractivity contribution in [1.82, 2.24) is 4.90 Å². The monoisotopic (exact) mass is 450 g/mol. The van der Waals surface area contributed by atoms with Gasteiger partial charge < -0.3 is 4.90 Å². The van der Waals surface area contributed by atoms with E-state index in [1.54, 1.807) is 23.1 Å². The molecule has 1 atom stereocenters. The third-order valence-corrected chi connectivity index (χ3v) is 5.62. The summed E-state index contributed by atoms with van der Waals surface area (Å²) in [6, 6.07) is 12.1. The number of hydrogen-bond donors (Lipinski definition) is 0. The average Bonchev–Trinajstić information content (AvgIpc) is 3.08. The first kappa shape index (κ1) is 17.6. The maximum Gasteiger partial charge on any atom is 0.332 e. The largest absolute Gasteiger partial charge is 0.332 e. The van der Waals surface area contributed by atoms with Crippen molar-refractivity contribution in [1.29, 1.82) is 0 Å². The Kier molecular flexibility index (Phi) is 4.34. The maximum atomic E-state index is 13.3. The van der Waals surface area contributed by atoms with Crippen LogP contribution < -0.4 is 4.90 Å². The average molecular weight is 452 g/mol. The zero-order chi connectivity index (χ0) is 18.5. The van der Waals surface area contributed by atoms with Crippen molar-refractivity contribution < 1.29 is 9.59 Å². The second-order valence-corrected chi connectivity index (χ2v) is 8.08. The molecule has 0 spiro atoms. The van der Waals surface area contributed by atoms with Crippen LogP contribution in [0.2, 0.25) is 10.0 Å². The number of fused-ring (bicyclic) bond motifs is 1. The number of benzene rings is 2. The number of anilines is 1. The summed E-state index contributed by atoms with van der Waals surface area (Å²) < 4.78 is 0.960. The lowest BCUT2D eigenvalue weighted by molar-refractivity contribution is -0.122. The highest BCUT2D eigenvalue weighted by atomic mass is 79.9. The molecule has 0 saturated carbocycles. The molecule has 4 rings (SSSR count). The topological polar surface area (TPSA) is 40.6 Å². The van der Waals surface area contributed by atoms with Gasteiger partial charge in [0.25, 0.3) is 5.91 Å². The highest BCUT2D eigenvalue weighted by molar-refractivity contribution is 9.10. The lowest BCUT2D eigenvalue weighted by Crippen LogP contribution is -2.47. The van der Waals surface area contributed by atoms with E-state index in [0.717, 1.165) is 10.0 Å². The van der Waals surface area contributed by atoms with E-state index < -0.39 is 5.54 Å². The molecular weight excluding hydrogens is 439 g/mol. The number of rotatable bonds is 3. The summed E-state index contributed by atoms with van der Waals surface area (Å²) in [5.41, 5.74) is 0.340. The minimum absolute atomic E-state index is 0.294. The standard InChI is InChI=1S/C19H13BrCl2N2O2/c20-13-4-2-12(3-5-13)11-19-6-1-7-23(19)18(26)24(17(19)25)16-9-14(21)8-15(22)10-16/h1-6,8-10H,7,11H2/t19-/m1/s1. The Morgan fingerprint density at radius 3 is 2.35 bits per heavy atom. The summed E-state index contributed by atoms with van der Waals surface area (Å²) in [7, 11) is 0. The first-order valence-corrected chi connectivity index (χ1v) is 9.50. The van der Waals surface area contributed by atoms with Gasteiger partial charge in [0.05, 0.1) is 5.69 Å². The molecule has 2 aromatic carbocycles. The Morgan fingerprint density at radius 2 is 1.69 bits per heavy atom. The molecule has 132 valence electrons. The van der Waals surface area contributed by atoms with E-state index in [1.807, 2.05) is 36.4 Å². The van der Waals surface area contributed by atoms with Gasteiger partial charge in [-0.15, -0.1) is 0 Å². The molecule has 2 heterocycles. The Hall–Kier alpha value is -1.82. The van der Waals surface area contributed by atoms with Crippen molar-refractivity contribution in [2.75, 3.05) is 11.4 Å². The Morgan fingerprint density at radius 1 is 1.04 bits per heavy atom. The van der Waals surface area contributed by atoms with Gasteiger partial charge in [-0.2, -0.15) is 0 Å². The molecule has 0 aromatic heterocycles. The highest BCUT2D eigenvalue weighted by Crippen LogP contribution is 2.40. The lowest BCUT2D eigenvalue weighted by Gasteiger charge is -2.27. The first-order valence-electron chi connectivity index (χ1n) is 7.95.